The number of rotatable bonds is 5. The molecule has 3 atom stereocenters. The smallest absolute Gasteiger partial charge is 0.320 e. The zero-order valence-electron chi connectivity index (χ0n) is 22.2. The summed E-state index contributed by atoms with van der Waals surface area (Å²) in [6.45, 7) is 9.05. The molecule has 0 saturated carbocycles. The van der Waals surface area contributed by atoms with E-state index < -0.39 is 6.17 Å². The van der Waals surface area contributed by atoms with Gasteiger partial charge in [-0.25, -0.2) is 9.07 Å². The monoisotopic (exact) mass is 521 g/mol. The number of alkyl halides is 1. The Balaban J connectivity index is 1.21. The Labute approximate surface area is 222 Å². The van der Waals surface area contributed by atoms with Crippen LogP contribution in [0.2, 0.25) is 0 Å². The molecular formula is C28H36FN7O2. The number of nitrogens with zero attached hydrogens (tertiary/aromatic N) is 7. The van der Waals surface area contributed by atoms with Crippen LogP contribution in [0, 0.1) is 6.92 Å². The first-order valence-electron chi connectivity index (χ1n) is 13.9. The highest BCUT2D eigenvalue weighted by Crippen LogP contribution is 2.36. The van der Waals surface area contributed by atoms with Crippen LogP contribution in [-0.2, 0) is 4.74 Å². The summed E-state index contributed by atoms with van der Waals surface area (Å²) in [5.74, 6) is 1.41. The lowest BCUT2D eigenvalue weighted by atomic mass is 9.84. The van der Waals surface area contributed by atoms with Crippen molar-refractivity contribution >= 4 is 16.7 Å². The summed E-state index contributed by atoms with van der Waals surface area (Å²) in [6, 6.07) is 7.56. The van der Waals surface area contributed by atoms with E-state index >= 15 is 4.39 Å². The number of ether oxygens (including phenoxy) is 2. The molecule has 1 aromatic carbocycles. The van der Waals surface area contributed by atoms with E-state index in [1.807, 2.05) is 16.9 Å². The molecule has 9 nitrogen and oxygen atoms in total. The standard InChI is InChI=1S/C28H36FN7O2/c1-18-10-19-13-30-36(25(19)11-23(18)22-5-7-34(15-24(22)29)21-16-38-17-21)27-12-26(31-28(32-27)37-2)35-9-8-33-6-3-4-20(33)14-35/h10-13,20-22,24H,3-9,14-17H2,1-2H3/t20-,22?,24?/m1/s1. The zero-order chi connectivity index (χ0) is 25.8. The summed E-state index contributed by atoms with van der Waals surface area (Å²) in [5, 5.41) is 5.73. The number of anilines is 1. The number of piperidine rings is 1. The summed E-state index contributed by atoms with van der Waals surface area (Å²) in [4.78, 5) is 16.5. The summed E-state index contributed by atoms with van der Waals surface area (Å²) in [7, 11) is 1.60. The second-order valence-corrected chi connectivity index (χ2v) is 11.3. The molecule has 2 aromatic heterocycles. The van der Waals surface area contributed by atoms with Crippen LogP contribution < -0.4 is 9.64 Å². The van der Waals surface area contributed by atoms with Gasteiger partial charge in [-0.3, -0.25) is 9.80 Å². The molecule has 4 fully saturated rings. The van der Waals surface area contributed by atoms with Crippen LogP contribution in [0.4, 0.5) is 10.2 Å². The number of hydrogen-bond donors (Lipinski definition) is 0. The first-order valence-corrected chi connectivity index (χ1v) is 13.9. The van der Waals surface area contributed by atoms with Crippen LogP contribution in [0.1, 0.15) is 36.3 Å². The van der Waals surface area contributed by atoms with Crippen LogP contribution >= 0.6 is 0 Å². The maximum atomic E-state index is 15.5. The molecule has 10 heteroatoms. The number of methoxy groups -OCH3 is 1. The fourth-order valence-electron chi connectivity index (χ4n) is 6.79. The van der Waals surface area contributed by atoms with Gasteiger partial charge in [0.15, 0.2) is 5.82 Å². The number of aryl methyl sites for hydroxylation is 1. The molecule has 4 saturated heterocycles. The van der Waals surface area contributed by atoms with Crippen LogP contribution in [0.3, 0.4) is 0 Å². The van der Waals surface area contributed by atoms with E-state index in [0.29, 0.717) is 30.5 Å². The average molecular weight is 522 g/mol. The van der Waals surface area contributed by atoms with Gasteiger partial charge in [0.1, 0.15) is 12.0 Å². The molecule has 0 amide bonds. The highest BCUT2D eigenvalue weighted by atomic mass is 19.1. The Kier molecular flexibility index (Phi) is 6.21. The lowest BCUT2D eigenvalue weighted by Crippen LogP contribution is -2.54. The number of halogens is 1. The molecule has 2 unspecified atom stereocenters. The van der Waals surface area contributed by atoms with E-state index in [0.717, 1.165) is 73.7 Å². The SMILES string of the molecule is COc1nc(N2CCN3CCC[C@@H]3C2)cc(-n2ncc3cc(C)c(C4CCN(C5COC5)CC4F)cc32)n1. The molecule has 0 spiro atoms. The third-order valence-corrected chi connectivity index (χ3v) is 9.05. The topological polar surface area (TPSA) is 71.8 Å². The van der Waals surface area contributed by atoms with Crippen LogP contribution in [0.5, 0.6) is 6.01 Å². The predicted octanol–water partition coefficient (Wildman–Crippen LogP) is 2.94. The third kappa shape index (κ3) is 4.23. The normalized spacial score (nSPS) is 27.0. The van der Waals surface area contributed by atoms with Crippen molar-refractivity contribution in [2.24, 2.45) is 0 Å². The second-order valence-electron chi connectivity index (χ2n) is 11.3. The van der Waals surface area contributed by atoms with E-state index in [9.17, 15) is 0 Å². The van der Waals surface area contributed by atoms with Gasteiger partial charge in [-0.15, -0.1) is 0 Å². The van der Waals surface area contributed by atoms with Gasteiger partial charge in [0.05, 0.1) is 38.1 Å². The quantitative estimate of drug-likeness (QED) is 0.508. The molecular weight excluding hydrogens is 485 g/mol. The first kappa shape index (κ1) is 24.2. The molecule has 6 heterocycles. The largest absolute Gasteiger partial charge is 0.467 e. The van der Waals surface area contributed by atoms with Crippen molar-refractivity contribution < 1.29 is 13.9 Å². The van der Waals surface area contributed by atoms with Gasteiger partial charge in [-0.05, 0) is 62.5 Å². The van der Waals surface area contributed by atoms with E-state index in [2.05, 4.69) is 38.7 Å². The minimum absolute atomic E-state index is 0.127. The Bertz CT molecular complexity index is 1330. The molecule has 4 aliphatic heterocycles. The molecule has 0 N–H and O–H groups in total. The zero-order valence-corrected chi connectivity index (χ0v) is 22.2. The van der Waals surface area contributed by atoms with Gasteiger partial charge in [0.2, 0.25) is 0 Å². The summed E-state index contributed by atoms with van der Waals surface area (Å²) < 4.78 is 28.2. The van der Waals surface area contributed by atoms with Crippen LogP contribution in [0.25, 0.3) is 16.7 Å². The Morgan fingerprint density at radius 2 is 1.82 bits per heavy atom. The fourth-order valence-corrected chi connectivity index (χ4v) is 6.79. The van der Waals surface area contributed by atoms with E-state index in [4.69, 9.17) is 19.6 Å². The minimum atomic E-state index is -0.906. The lowest BCUT2D eigenvalue weighted by Gasteiger charge is -2.43. The number of hydrogen-bond acceptors (Lipinski definition) is 8. The predicted molar refractivity (Wildman–Crippen MR) is 143 cm³/mol. The van der Waals surface area contributed by atoms with Gasteiger partial charge >= 0.3 is 6.01 Å². The number of piperazine rings is 1. The minimum Gasteiger partial charge on any atom is -0.467 e. The van der Waals surface area contributed by atoms with Crippen molar-refractivity contribution in [2.75, 3.05) is 64.5 Å². The highest BCUT2D eigenvalue weighted by molar-refractivity contribution is 5.82. The molecule has 0 aliphatic carbocycles. The third-order valence-electron chi connectivity index (χ3n) is 9.05. The molecule has 0 radical (unpaired) electrons. The molecule has 202 valence electrons. The Morgan fingerprint density at radius 1 is 0.947 bits per heavy atom. The molecule has 4 aliphatic rings. The highest BCUT2D eigenvalue weighted by Gasteiger charge is 2.37. The van der Waals surface area contributed by atoms with Gasteiger partial charge in [-0.2, -0.15) is 15.1 Å². The summed E-state index contributed by atoms with van der Waals surface area (Å²) in [5.41, 5.74) is 3.11. The van der Waals surface area contributed by atoms with Crippen molar-refractivity contribution in [1.82, 2.24) is 29.5 Å². The van der Waals surface area contributed by atoms with E-state index in [1.54, 1.807) is 7.11 Å². The molecule has 3 aromatic rings. The van der Waals surface area contributed by atoms with Crippen molar-refractivity contribution in [2.45, 2.75) is 50.4 Å². The maximum absolute atomic E-state index is 15.5. The van der Waals surface area contributed by atoms with Gasteiger partial charge < -0.3 is 14.4 Å². The fraction of sp³-hybridized carbons (Fsp3) is 0.607. The number of likely N-dealkylation sites (tertiary alicyclic amines) is 1. The summed E-state index contributed by atoms with van der Waals surface area (Å²) >= 11 is 0. The van der Waals surface area contributed by atoms with E-state index in [-0.39, 0.29) is 5.92 Å². The van der Waals surface area contributed by atoms with Gasteiger partial charge in [0, 0.05) is 49.6 Å². The first-order chi connectivity index (χ1) is 18.6. The van der Waals surface area contributed by atoms with Crippen molar-refractivity contribution in [3.63, 3.8) is 0 Å². The Hall–Kier alpha value is -2.82. The van der Waals surface area contributed by atoms with Crippen LogP contribution in [-0.4, -0.2) is 107 Å². The molecule has 0 bridgehead atoms. The average Bonchev–Trinajstić information content (AvgIpc) is 3.53. The number of benzene rings is 1. The van der Waals surface area contributed by atoms with Crippen molar-refractivity contribution in [1.29, 1.82) is 0 Å². The Morgan fingerprint density at radius 3 is 2.61 bits per heavy atom. The summed E-state index contributed by atoms with van der Waals surface area (Å²) in [6.07, 6.45) is 4.27. The maximum Gasteiger partial charge on any atom is 0.320 e. The van der Waals surface area contributed by atoms with Crippen LogP contribution in [0.15, 0.2) is 24.4 Å². The number of aromatic nitrogens is 4. The molecule has 38 heavy (non-hydrogen) atoms. The molecule has 7 rings (SSSR count). The number of fused-ring (bicyclic) bond motifs is 2. The van der Waals surface area contributed by atoms with Crippen molar-refractivity contribution in [3.05, 3.63) is 35.5 Å². The van der Waals surface area contributed by atoms with Crippen molar-refractivity contribution in [3.8, 4) is 11.8 Å². The lowest BCUT2D eigenvalue weighted by molar-refractivity contribution is -0.0807. The second kappa shape index (κ2) is 9.73. The van der Waals surface area contributed by atoms with Gasteiger partial charge in [-0.1, -0.05) is 0 Å². The van der Waals surface area contributed by atoms with E-state index in [1.165, 1.54) is 19.4 Å². The van der Waals surface area contributed by atoms with Gasteiger partial charge in [0.25, 0.3) is 0 Å².